The van der Waals surface area contributed by atoms with Crippen LogP contribution in [0.25, 0.3) is 0 Å². The number of sulfonamides is 1. The van der Waals surface area contributed by atoms with Crippen LogP contribution in [0.1, 0.15) is 37.0 Å². The summed E-state index contributed by atoms with van der Waals surface area (Å²) in [5.74, 6) is -0.170. The van der Waals surface area contributed by atoms with Gasteiger partial charge in [0.25, 0.3) is 5.91 Å². The molecule has 0 aliphatic carbocycles. The van der Waals surface area contributed by atoms with Crippen molar-refractivity contribution < 1.29 is 17.9 Å². The molecule has 9 heteroatoms. The van der Waals surface area contributed by atoms with Crippen molar-refractivity contribution in [1.29, 1.82) is 0 Å². The molecule has 7 nitrogen and oxygen atoms in total. The fourth-order valence-electron chi connectivity index (χ4n) is 3.50. The van der Waals surface area contributed by atoms with Gasteiger partial charge in [0.15, 0.2) is 0 Å². The van der Waals surface area contributed by atoms with E-state index in [9.17, 15) is 13.2 Å². The standard InChI is InChI=1S/C18H27N3O4S.ClH/c1-13-11-21(12-14(2)25-13)26(23,24)17-7-5-15(6-8-17)18(22)20-16-4-3-9-19-10-16;/h5-8,13-14,16,19H,3-4,9-12H2,1-2H3,(H,20,22);1H/t13?,14?,16-;/m0./s1. The van der Waals surface area contributed by atoms with Crippen LogP contribution in [0.5, 0.6) is 0 Å². The number of halogens is 1. The van der Waals surface area contributed by atoms with Gasteiger partial charge in [0, 0.05) is 31.2 Å². The maximum Gasteiger partial charge on any atom is 0.251 e. The second-order valence-corrected chi connectivity index (χ2v) is 9.06. The van der Waals surface area contributed by atoms with Crippen LogP contribution < -0.4 is 10.6 Å². The number of rotatable bonds is 4. The summed E-state index contributed by atoms with van der Waals surface area (Å²) in [4.78, 5) is 12.5. The Morgan fingerprint density at radius 1 is 1.19 bits per heavy atom. The normalized spacial score (nSPS) is 26.8. The quantitative estimate of drug-likeness (QED) is 0.772. The molecule has 152 valence electrons. The molecule has 1 amide bonds. The molecule has 2 aliphatic rings. The lowest BCUT2D eigenvalue weighted by Crippen LogP contribution is -2.48. The average molecular weight is 418 g/mol. The number of amides is 1. The van der Waals surface area contributed by atoms with Crippen LogP contribution in [0, 0.1) is 0 Å². The third-order valence-electron chi connectivity index (χ3n) is 4.77. The van der Waals surface area contributed by atoms with Crippen molar-refractivity contribution in [2.24, 2.45) is 0 Å². The third kappa shape index (κ3) is 5.42. The number of nitrogens with one attached hydrogen (secondary N) is 2. The van der Waals surface area contributed by atoms with Gasteiger partial charge < -0.3 is 15.4 Å². The van der Waals surface area contributed by atoms with Gasteiger partial charge in [-0.1, -0.05) is 0 Å². The maximum atomic E-state index is 12.8. The number of hydrogen-bond donors (Lipinski definition) is 2. The number of piperidine rings is 1. The number of ether oxygens (including phenoxy) is 1. The first kappa shape index (κ1) is 22.1. The van der Waals surface area contributed by atoms with E-state index in [1.54, 1.807) is 12.1 Å². The van der Waals surface area contributed by atoms with Gasteiger partial charge >= 0.3 is 0 Å². The van der Waals surface area contributed by atoms with Crippen LogP contribution in [0.15, 0.2) is 29.2 Å². The minimum atomic E-state index is -3.59. The summed E-state index contributed by atoms with van der Waals surface area (Å²) in [6.07, 6.45) is 1.72. The highest BCUT2D eigenvalue weighted by atomic mass is 35.5. The zero-order valence-electron chi connectivity index (χ0n) is 15.7. The number of carbonyl (C=O) groups is 1. The molecule has 0 saturated carbocycles. The van der Waals surface area contributed by atoms with Crippen molar-refractivity contribution in [2.45, 2.75) is 49.8 Å². The number of hydrogen-bond acceptors (Lipinski definition) is 5. The largest absolute Gasteiger partial charge is 0.373 e. The fraction of sp³-hybridized carbons (Fsp3) is 0.611. The van der Waals surface area contributed by atoms with Crippen LogP contribution >= 0.6 is 12.4 Å². The monoisotopic (exact) mass is 417 g/mol. The lowest BCUT2D eigenvalue weighted by atomic mass is 10.1. The van der Waals surface area contributed by atoms with Gasteiger partial charge in [-0.2, -0.15) is 4.31 Å². The first-order valence-corrected chi connectivity index (χ1v) is 10.6. The molecular weight excluding hydrogens is 390 g/mol. The van der Waals surface area contributed by atoms with Gasteiger partial charge in [0.1, 0.15) is 0 Å². The fourth-order valence-corrected chi connectivity index (χ4v) is 5.09. The molecule has 1 aromatic carbocycles. The van der Waals surface area contributed by atoms with Gasteiger partial charge in [-0.3, -0.25) is 4.79 Å². The van der Waals surface area contributed by atoms with E-state index in [4.69, 9.17) is 4.74 Å². The Morgan fingerprint density at radius 2 is 1.81 bits per heavy atom. The molecule has 2 heterocycles. The minimum absolute atomic E-state index is 0. The summed E-state index contributed by atoms with van der Waals surface area (Å²) < 4.78 is 32.7. The molecule has 3 atom stereocenters. The summed E-state index contributed by atoms with van der Waals surface area (Å²) in [6.45, 7) is 6.16. The molecule has 0 aromatic heterocycles. The van der Waals surface area contributed by atoms with Crippen molar-refractivity contribution in [3.8, 4) is 0 Å². The summed E-state index contributed by atoms with van der Waals surface area (Å²) in [5.41, 5.74) is 0.471. The third-order valence-corrected chi connectivity index (χ3v) is 6.62. The first-order valence-electron chi connectivity index (χ1n) is 9.13. The van der Waals surface area contributed by atoms with E-state index in [1.165, 1.54) is 16.4 Å². The zero-order valence-corrected chi connectivity index (χ0v) is 17.3. The molecule has 2 fully saturated rings. The lowest BCUT2D eigenvalue weighted by molar-refractivity contribution is -0.0440. The van der Waals surface area contributed by atoms with Crippen LogP contribution in [-0.4, -0.2) is 63.1 Å². The van der Waals surface area contributed by atoms with Crippen molar-refractivity contribution in [2.75, 3.05) is 26.2 Å². The Kier molecular flexibility index (Phi) is 7.64. The molecule has 2 N–H and O–H groups in total. The Hall–Kier alpha value is -1.19. The molecule has 0 bridgehead atoms. The van der Waals surface area contributed by atoms with E-state index in [0.717, 1.165) is 25.9 Å². The molecular formula is C18H28ClN3O4S. The second-order valence-electron chi connectivity index (χ2n) is 7.12. The second kappa shape index (κ2) is 9.34. The average Bonchev–Trinajstić information content (AvgIpc) is 2.62. The van der Waals surface area contributed by atoms with Crippen molar-refractivity contribution in [1.82, 2.24) is 14.9 Å². The summed E-state index contributed by atoms with van der Waals surface area (Å²) in [6, 6.07) is 6.29. The Labute approximate surface area is 167 Å². The van der Waals surface area contributed by atoms with Gasteiger partial charge in [-0.25, -0.2) is 8.42 Å². The molecule has 2 unspecified atom stereocenters. The zero-order chi connectivity index (χ0) is 18.7. The van der Waals surface area contributed by atoms with Crippen molar-refractivity contribution in [3.05, 3.63) is 29.8 Å². The number of benzene rings is 1. The Morgan fingerprint density at radius 3 is 2.37 bits per heavy atom. The first-order chi connectivity index (χ1) is 12.4. The molecule has 2 aliphatic heterocycles. The Balaban J connectivity index is 0.00000261. The highest BCUT2D eigenvalue weighted by molar-refractivity contribution is 7.89. The highest BCUT2D eigenvalue weighted by Crippen LogP contribution is 2.21. The van der Waals surface area contributed by atoms with Crippen LogP contribution in [0.3, 0.4) is 0 Å². The van der Waals surface area contributed by atoms with Crippen LogP contribution in [-0.2, 0) is 14.8 Å². The van der Waals surface area contributed by atoms with E-state index in [0.29, 0.717) is 18.7 Å². The molecule has 27 heavy (non-hydrogen) atoms. The van der Waals surface area contributed by atoms with Crippen molar-refractivity contribution in [3.63, 3.8) is 0 Å². The van der Waals surface area contributed by atoms with E-state index in [2.05, 4.69) is 10.6 Å². The van der Waals surface area contributed by atoms with E-state index in [-0.39, 0.29) is 41.5 Å². The van der Waals surface area contributed by atoms with E-state index >= 15 is 0 Å². The summed E-state index contributed by atoms with van der Waals surface area (Å²) >= 11 is 0. The number of morpholine rings is 1. The SMILES string of the molecule is CC1CN(S(=O)(=O)c2ccc(C(=O)N[C@H]3CCCNC3)cc2)CC(C)O1.Cl. The number of carbonyl (C=O) groups excluding carboxylic acids is 1. The topological polar surface area (TPSA) is 87.7 Å². The van der Waals surface area contributed by atoms with Crippen LogP contribution in [0.2, 0.25) is 0 Å². The summed E-state index contributed by atoms with van der Waals surface area (Å²) in [5, 5.41) is 6.24. The number of nitrogens with zero attached hydrogens (tertiary/aromatic N) is 1. The van der Waals surface area contributed by atoms with E-state index < -0.39 is 10.0 Å². The Bertz CT molecular complexity index is 725. The molecule has 1 aromatic rings. The van der Waals surface area contributed by atoms with Gasteiger partial charge in [0.05, 0.1) is 17.1 Å². The lowest BCUT2D eigenvalue weighted by Gasteiger charge is -2.34. The maximum absolute atomic E-state index is 12.8. The minimum Gasteiger partial charge on any atom is -0.373 e. The summed E-state index contributed by atoms with van der Waals surface area (Å²) in [7, 11) is -3.59. The predicted octanol–water partition coefficient (Wildman–Crippen LogP) is 1.39. The smallest absolute Gasteiger partial charge is 0.251 e. The molecule has 0 radical (unpaired) electrons. The van der Waals surface area contributed by atoms with E-state index in [1.807, 2.05) is 13.8 Å². The van der Waals surface area contributed by atoms with Gasteiger partial charge in [-0.15, -0.1) is 12.4 Å². The van der Waals surface area contributed by atoms with Crippen molar-refractivity contribution >= 4 is 28.3 Å². The molecule has 0 spiro atoms. The molecule has 3 rings (SSSR count). The predicted molar refractivity (Wildman–Crippen MR) is 106 cm³/mol. The van der Waals surface area contributed by atoms with Gasteiger partial charge in [-0.05, 0) is 57.5 Å². The van der Waals surface area contributed by atoms with Gasteiger partial charge in [0.2, 0.25) is 10.0 Å². The molecule has 2 saturated heterocycles. The van der Waals surface area contributed by atoms with Crippen LogP contribution in [0.4, 0.5) is 0 Å². The highest BCUT2D eigenvalue weighted by Gasteiger charge is 2.32.